The van der Waals surface area contributed by atoms with Crippen molar-refractivity contribution in [3.63, 3.8) is 0 Å². The van der Waals surface area contributed by atoms with Gasteiger partial charge in [0.15, 0.2) is 6.10 Å². The molecule has 0 bridgehead atoms. The Hall–Kier alpha value is -1.65. The molecule has 3 nitrogen and oxygen atoms in total. The molecule has 2 aromatic rings. The van der Waals surface area contributed by atoms with Crippen LogP contribution in [0.3, 0.4) is 0 Å². The zero-order chi connectivity index (χ0) is 13.8. The Balaban J connectivity index is 2.13. The Morgan fingerprint density at radius 1 is 1.21 bits per heavy atom. The Kier molecular flexibility index (Phi) is 4.35. The molecule has 0 heterocycles. The first-order valence-electron chi connectivity index (χ1n) is 5.87. The van der Waals surface area contributed by atoms with E-state index in [4.69, 9.17) is 0 Å². The second-order valence-electron chi connectivity index (χ2n) is 4.32. The summed E-state index contributed by atoms with van der Waals surface area (Å²) in [7, 11) is 0. The number of aliphatic hydroxyl groups is 1. The lowest BCUT2D eigenvalue weighted by atomic mass is 10.1. The number of hydrogen-bond donors (Lipinski definition) is 2. The van der Waals surface area contributed by atoms with Crippen molar-refractivity contribution in [2.75, 3.05) is 5.32 Å². The van der Waals surface area contributed by atoms with Crippen LogP contribution in [-0.4, -0.2) is 11.0 Å². The molecule has 4 heteroatoms. The summed E-state index contributed by atoms with van der Waals surface area (Å²) in [5.74, 6) is -0.441. The molecule has 2 aromatic carbocycles. The number of carbonyl (C=O) groups excluding carboxylic acids is 1. The van der Waals surface area contributed by atoms with Crippen molar-refractivity contribution in [2.45, 2.75) is 13.0 Å². The molecule has 2 rings (SSSR count). The van der Waals surface area contributed by atoms with Crippen LogP contribution in [0.2, 0.25) is 0 Å². The Morgan fingerprint density at radius 3 is 2.53 bits per heavy atom. The highest BCUT2D eigenvalue weighted by Crippen LogP contribution is 2.21. The number of rotatable bonds is 3. The van der Waals surface area contributed by atoms with Crippen molar-refractivity contribution in [3.05, 3.63) is 64.1 Å². The van der Waals surface area contributed by atoms with E-state index in [1.165, 1.54) is 0 Å². The average Bonchev–Trinajstić information content (AvgIpc) is 2.37. The Morgan fingerprint density at radius 2 is 1.89 bits per heavy atom. The van der Waals surface area contributed by atoms with Gasteiger partial charge in [-0.1, -0.05) is 46.3 Å². The number of halogens is 1. The molecule has 0 aromatic heterocycles. The van der Waals surface area contributed by atoms with Crippen LogP contribution in [0.25, 0.3) is 0 Å². The highest BCUT2D eigenvalue weighted by atomic mass is 79.9. The van der Waals surface area contributed by atoms with Gasteiger partial charge in [-0.25, -0.2) is 0 Å². The standard InChI is InChI=1S/C15H14BrNO2/c1-10-7-12(16)9-13(8-10)17-15(19)14(18)11-5-3-2-4-6-11/h2-9,14,18H,1H3,(H,17,19). The maximum atomic E-state index is 12.0. The van der Waals surface area contributed by atoms with Gasteiger partial charge in [-0.2, -0.15) is 0 Å². The summed E-state index contributed by atoms with van der Waals surface area (Å²) in [6, 6.07) is 14.4. The highest BCUT2D eigenvalue weighted by Gasteiger charge is 2.17. The average molecular weight is 320 g/mol. The number of carbonyl (C=O) groups is 1. The van der Waals surface area contributed by atoms with Crippen LogP contribution >= 0.6 is 15.9 Å². The number of aryl methyl sites for hydroxylation is 1. The van der Waals surface area contributed by atoms with Gasteiger partial charge in [0.2, 0.25) is 0 Å². The quantitative estimate of drug-likeness (QED) is 0.910. The van der Waals surface area contributed by atoms with Gasteiger partial charge in [0, 0.05) is 10.2 Å². The lowest BCUT2D eigenvalue weighted by molar-refractivity contribution is -0.124. The molecule has 98 valence electrons. The van der Waals surface area contributed by atoms with Crippen LogP contribution < -0.4 is 5.32 Å². The summed E-state index contributed by atoms with van der Waals surface area (Å²) in [6.45, 7) is 1.94. The summed E-state index contributed by atoms with van der Waals surface area (Å²) in [6.07, 6.45) is -1.17. The second kappa shape index (κ2) is 5.99. The van der Waals surface area contributed by atoms with Gasteiger partial charge in [0.25, 0.3) is 5.91 Å². The molecule has 1 atom stereocenters. The number of benzene rings is 2. The van der Waals surface area contributed by atoms with Crippen molar-refractivity contribution >= 4 is 27.5 Å². The smallest absolute Gasteiger partial charge is 0.257 e. The third-order valence-electron chi connectivity index (χ3n) is 2.67. The fourth-order valence-corrected chi connectivity index (χ4v) is 2.41. The fourth-order valence-electron chi connectivity index (χ4n) is 1.81. The van der Waals surface area contributed by atoms with Crippen LogP contribution in [0, 0.1) is 6.92 Å². The van der Waals surface area contributed by atoms with Gasteiger partial charge >= 0.3 is 0 Å². The van der Waals surface area contributed by atoms with E-state index in [9.17, 15) is 9.90 Å². The topological polar surface area (TPSA) is 49.3 Å². The molecule has 1 amide bonds. The van der Waals surface area contributed by atoms with Gasteiger partial charge in [0.1, 0.15) is 0 Å². The van der Waals surface area contributed by atoms with Crippen LogP contribution in [0.4, 0.5) is 5.69 Å². The van der Waals surface area contributed by atoms with Crippen molar-refractivity contribution < 1.29 is 9.90 Å². The van der Waals surface area contributed by atoms with Crippen molar-refractivity contribution in [1.82, 2.24) is 0 Å². The highest BCUT2D eigenvalue weighted by molar-refractivity contribution is 9.10. The number of hydrogen-bond acceptors (Lipinski definition) is 2. The molecule has 2 N–H and O–H groups in total. The van der Waals surface area contributed by atoms with E-state index in [2.05, 4.69) is 21.2 Å². The molecule has 0 aliphatic carbocycles. The lowest BCUT2D eigenvalue weighted by Crippen LogP contribution is -2.20. The molecule has 0 saturated heterocycles. The zero-order valence-electron chi connectivity index (χ0n) is 10.4. The first kappa shape index (κ1) is 13.8. The van der Waals surface area contributed by atoms with Gasteiger partial charge in [-0.05, 0) is 36.2 Å². The number of nitrogens with one attached hydrogen (secondary N) is 1. The molecule has 0 aliphatic rings. The van der Waals surface area contributed by atoms with Crippen molar-refractivity contribution in [3.8, 4) is 0 Å². The van der Waals surface area contributed by atoms with E-state index in [1.807, 2.05) is 25.1 Å². The summed E-state index contributed by atoms with van der Waals surface area (Å²) in [5.41, 5.74) is 2.26. The maximum absolute atomic E-state index is 12.0. The van der Waals surface area contributed by atoms with Crippen molar-refractivity contribution in [2.24, 2.45) is 0 Å². The maximum Gasteiger partial charge on any atom is 0.257 e. The third kappa shape index (κ3) is 3.66. The normalized spacial score (nSPS) is 11.9. The molecule has 0 saturated carbocycles. The first-order valence-corrected chi connectivity index (χ1v) is 6.66. The van der Waals surface area contributed by atoms with Crippen LogP contribution in [0.15, 0.2) is 53.0 Å². The largest absolute Gasteiger partial charge is 0.378 e. The van der Waals surface area contributed by atoms with Gasteiger partial charge in [-0.15, -0.1) is 0 Å². The predicted octanol–water partition coefficient (Wildman–Crippen LogP) is 3.43. The van der Waals surface area contributed by atoms with E-state index >= 15 is 0 Å². The van der Waals surface area contributed by atoms with Crippen molar-refractivity contribution in [1.29, 1.82) is 0 Å². The SMILES string of the molecule is Cc1cc(Br)cc(NC(=O)C(O)c2ccccc2)c1. The second-order valence-corrected chi connectivity index (χ2v) is 5.24. The van der Waals surface area contributed by atoms with E-state index in [-0.39, 0.29) is 0 Å². The van der Waals surface area contributed by atoms with Gasteiger partial charge in [0.05, 0.1) is 0 Å². The monoisotopic (exact) mass is 319 g/mol. The lowest BCUT2D eigenvalue weighted by Gasteiger charge is -2.12. The minimum absolute atomic E-state index is 0.441. The summed E-state index contributed by atoms with van der Waals surface area (Å²) in [5, 5.41) is 12.7. The Labute approximate surface area is 120 Å². The molecule has 0 aliphatic heterocycles. The molecule has 0 radical (unpaired) electrons. The van der Waals surface area contributed by atoms with Crippen LogP contribution in [0.1, 0.15) is 17.2 Å². The zero-order valence-corrected chi connectivity index (χ0v) is 12.0. The summed E-state index contributed by atoms with van der Waals surface area (Å²) < 4.78 is 0.886. The third-order valence-corrected chi connectivity index (χ3v) is 3.13. The summed E-state index contributed by atoms with van der Waals surface area (Å²) in [4.78, 5) is 12.0. The summed E-state index contributed by atoms with van der Waals surface area (Å²) >= 11 is 3.37. The molecule has 19 heavy (non-hydrogen) atoms. The Bertz CT molecular complexity index is 564. The molecule has 0 spiro atoms. The minimum atomic E-state index is -1.17. The minimum Gasteiger partial charge on any atom is -0.378 e. The first-order chi connectivity index (χ1) is 9.06. The van der Waals surface area contributed by atoms with Gasteiger partial charge < -0.3 is 10.4 Å². The van der Waals surface area contributed by atoms with E-state index in [1.54, 1.807) is 30.3 Å². The molecule has 1 unspecified atom stereocenters. The molecular weight excluding hydrogens is 306 g/mol. The van der Waals surface area contributed by atoms with Gasteiger partial charge in [-0.3, -0.25) is 4.79 Å². The van der Waals surface area contributed by atoms with Crippen LogP contribution in [-0.2, 0) is 4.79 Å². The number of aliphatic hydroxyl groups excluding tert-OH is 1. The number of anilines is 1. The predicted molar refractivity (Wildman–Crippen MR) is 78.9 cm³/mol. The fraction of sp³-hybridized carbons (Fsp3) is 0.133. The van der Waals surface area contributed by atoms with Crippen LogP contribution in [0.5, 0.6) is 0 Å². The molecular formula is C15H14BrNO2. The van der Waals surface area contributed by atoms with E-state index in [0.29, 0.717) is 11.3 Å². The van der Waals surface area contributed by atoms with E-state index < -0.39 is 12.0 Å². The van der Waals surface area contributed by atoms with E-state index in [0.717, 1.165) is 10.0 Å². The number of amides is 1. The molecule has 0 fully saturated rings.